The predicted octanol–water partition coefficient (Wildman–Crippen LogP) is 2.27. The van der Waals surface area contributed by atoms with Gasteiger partial charge in [-0.15, -0.1) is 0 Å². The molecule has 11 heteroatoms. The van der Waals surface area contributed by atoms with Crippen LogP contribution in [0.4, 0.5) is 8.78 Å². The maximum Gasteiger partial charge on any atom is 0.270 e. The number of carbonyl (C=O) groups is 2. The molecule has 9 nitrogen and oxygen atoms in total. The van der Waals surface area contributed by atoms with Crippen molar-refractivity contribution < 1.29 is 23.5 Å². The largest absolute Gasteiger partial charge is 0.492 e. The molecule has 188 valence electrons. The van der Waals surface area contributed by atoms with E-state index < -0.39 is 35.1 Å². The summed E-state index contributed by atoms with van der Waals surface area (Å²) in [6.45, 7) is 4.11. The Morgan fingerprint density at radius 2 is 1.89 bits per heavy atom. The second-order valence-corrected chi connectivity index (χ2v) is 10.3. The zero-order valence-corrected chi connectivity index (χ0v) is 19.7. The number of carbonyl (C=O) groups excluding carboxylic acids is 2. The van der Waals surface area contributed by atoms with Crippen LogP contribution in [0, 0.1) is 17.8 Å². The Morgan fingerprint density at radius 3 is 2.49 bits per heavy atom. The molecule has 2 aromatic rings. The first-order valence-electron chi connectivity index (χ1n) is 12.1. The predicted molar refractivity (Wildman–Crippen MR) is 123 cm³/mol. The average molecular weight is 490 g/mol. The van der Waals surface area contributed by atoms with Gasteiger partial charge in [0.15, 0.2) is 5.56 Å². The van der Waals surface area contributed by atoms with Crippen molar-refractivity contribution in [3.8, 4) is 5.88 Å². The number of aromatic nitrogens is 3. The lowest BCUT2D eigenvalue weighted by molar-refractivity contribution is -0.144. The molecule has 0 aromatic carbocycles. The fraction of sp³-hybridized carbons (Fsp3) is 0.583. The molecular formula is C24H29F2N5O4. The minimum atomic E-state index is -2.73. The lowest BCUT2D eigenvalue weighted by Crippen LogP contribution is -2.50. The minimum absolute atomic E-state index is 0.00245. The molecule has 35 heavy (non-hydrogen) atoms. The van der Waals surface area contributed by atoms with Crippen molar-refractivity contribution in [3.63, 3.8) is 0 Å². The molecule has 2 amide bonds. The average Bonchev–Trinajstić information content (AvgIpc) is 3.49. The number of alkyl halides is 2. The van der Waals surface area contributed by atoms with Gasteiger partial charge in [0.05, 0.1) is 6.20 Å². The summed E-state index contributed by atoms with van der Waals surface area (Å²) in [5, 5.41) is 17.6. The molecule has 5 rings (SSSR count). The van der Waals surface area contributed by atoms with Crippen LogP contribution in [0.5, 0.6) is 5.88 Å². The maximum absolute atomic E-state index is 14.2. The van der Waals surface area contributed by atoms with E-state index in [1.54, 1.807) is 0 Å². The van der Waals surface area contributed by atoms with E-state index in [9.17, 15) is 28.3 Å². The number of fused-ring (bicyclic) bond motifs is 3. The van der Waals surface area contributed by atoms with Gasteiger partial charge in [0.1, 0.15) is 5.65 Å². The summed E-state index contributed by atoms with van der Waals surface area (Å²) in [5.41, 5.74) is -0.369. The van der Waals surface area contributed by atoms with Crippen LogP contribution in [0.15, 0.2) is 17.1 Å². The van der Waals surface area contributed by atoms with Gasteiger partial charge in [-0.3, -0.25) is 19.0 Å². The van der Waals surface area contributed by atoms with E-state index in [1.165, 1.54) is 27.8 Å². The molecule has 3 aliphatic rings. The Kier molecular flexibility index (Phi) is 5.68. The first-order valence-corrected chi connectivity index (χ1v) is 12.1. The zero-order chi connectivity index (χ0) is 25.1. The highest BCUT2D eigenvalue weighted by Crippen LogP contribution is 2.48. The summed E-state index contributed by atoms with van der Waals surface area (Å²) in [5.74, 6) is -5.92. The van der Waals surface area contributed by atoms with Crippen molar-refractivity contribution in [2.45, 2.75) is 58.0 Å². The van der Waals surface area contributed by atoms with Gasteiger partial charge in [0.2, 0.25) is 11.8 Å². The van der Waals surface area contributed by atoms with Gasteiger partial charge < -0.3 is 15.3 Å². The van der Waals surface area contributed by atoms with Crippen molar-refractivity contribution in [2.75, 3.05) is 13.1 Å². The Balaban J connectivity index is 1.48. The number of halogens is 2. The second kappa shape index (κ2) is 8.46. The SMILES string of the molecule is CC(C)Cn1c(=O)c(C(=O)NC2CC2)c(O)n2ncc(C=CC(=O)N3CC4CCC(C3)C4(F)F)c12. The van der Waals surface area contributed by atoms with Crippen LogP contribution in [0.2, 0.25) is 0 Å². The number of nitrogens with one attached hydrogen (secondary N) is 1. The Labute approximate surface area is 200 Å². The lowest BCUT2D eigenvalue weighted by Gasteiger charge is -2.37. The Morgan fingerprint density at radius 1 is 1.23 bits per heavy atom. The van der Waals surface area contributed by atoms with Crippen molar-refractivity contribution >= 4 is 23.5 Å². The van der Waals surface area contributed by atoms with E-state index in [-0.39, 0.29) is 48.7 Å². The van der Waals surface area contributed by atoms with Crippen LogP contribution in [-0.2, 0) is 11.3 Å². The van der Waals surface area contributed by atoms with Crippen molar-refractivity contribution in [3.05, 3.63) is 33.8 Å². The van der Waals surface area contributed by atoms with Crippen LogP contribution >= 0.6 is 0 Å². The van der Waals surface area contributed by atoms with Crippen LogP contribution in [0.25, 0.3) is 11.7 Å². The van der Waals surface area contributed by atoms with Gasteiger partial charge in [0.25, 0.3) is 17.4 Å². The molecule has 3 heterocycles. The highest BCUT2D eigenvalue weighted by Gasteiger charge is 2.56. The summed E-state index contributed by atoms with van der Waals surface area (Å²) >= 11 is 0. The second-order valence-electron chi connectivity index (χ2n) is 10.3. The standard InChI is InChI=1S/C24H29F2N5O4/c1-13(2)10-30-21-14(3-8-18(32)29-11-15-4-5-16(12-29)24(15,25)26)9-27-31(21)23(35)19(22(30)34)20(33)28-17-6-7-17/h3,8-9,13,15-17,35H,4-7,10-12H2,1-2H3,(H,28,33). The monoisotopic (exact) mass is 489 g/mol. The molecule has 1 saturated heterocycles. The van der Waals surface area contributed by atoms with Gasteiger partial charge in [-0.05, 0) is 37.7 Å². The third kappa shape index (κ3) is 4.10. The highest BCUT2D eigenvalue weighted by molar-refractivity contribution is 5.97. The van der Waals surface area contributed by atoms with Gasteiger partial charge in [-0.2, -0.15) is 9.61 Å². The summed E-state index contributed by atoms with van der Waals surface area (Å²) in [4.78, 5) is 40.2. The fourth-order valence-corrected chi connectivity index (χ4v) is 5.15. The van der Waals surface area contributed by atoms with Crippen LogP contribution < -0.4 is 10.9 Å². The number of likely N-dealkylation sites (tertiary alicyclic amines) is 1. The molecule has 2 aliphatic carbocycles. The first-order chi connectivity index (χ1) is 16.6. The highest BCUT2D eigenvalue weighted by atomic mass is 19.3. The lowest BCUT2D eigenvalue weighted by atomic mass is 9.94. The maximum atomic E-state index is 14.2. The van der Waals surface area contributed by atoms with Gasteiger partial charge in [0, 0.05) is 49.2 Å². The quantitative estimate of drug-likeness (QED) is 0.605. The van der Waals surface area contributed by atoms with Crippen LogP contribution in [0.1, 0.15) is 55.5 Å². The molecule has 1 aliphatic heterocycles. The number of hydrogen-bond donors (Lipinski definition) is 2. The molecule has 2 aromatic heterocycles. The third-order valence-electron chi connectivity index (χ3n) is 7.15. The van der Waals surface area contributed by atoms with Crippen molar-refractivity contribution in [2.24, 2.45) is 17.8 Å². The minimum Gasteiger partial charge on any atom is -0.492 e. The van der Waals surface area contributed by atoms with Gasteiger partial charge >= 0.3 is 0 Å². The van der Waals surface area contributed by atoms with E-state index in [1.807, 2.05) is 13.8 Å². The number of amides is 2. The van der Waals surface area contributed by atoms with Gasteiger partial charge in [-0.25, -0.2) is 8.78 Å². The molecular weight excluding hydrogens is 460 g/mol. The molecule has 2 saturated carbocycles. The first kappa shape index (κ1) is 23.5. The molecule has 2 bridgehead atoms. The molecule has 0 spiro atoms. The Bertz CT molecular complexity index is 1260. The van der Waals surface area contributed by atoms with E-state index in [0.717, 1.165) is 17.4 Å². The van der Waals surface area contributed by atoms with E-state index in [2.05, 4.69) is 10.4 Å². The van der Waals surface area contributed by atoms with E-state index in [4.69, 9.17) is 0 Å². The normalized spacial score (nSPS) is 23.5. The zero-order valence-electron chi connectivity index (χ0n) is 19.7. The summed E-state index contributed by atoms with van der Waals surface area (Å²) in [6.07, 6.45) is 6.64. The molecule has 2 N–H and O–H groups in total. The number of piperidine rings is 1. The summed E-state index contributed by atoms with van der Waals surface area (Å²) in [7, 11) is 0. The van der Waals surface area contributed by atoms with Crippen LogP contribution in [-0.4, -0.2) is 61.1 Å². The fourth-order valence-electron chi connectivity index (χ4n) is 5.15. The van der Waals surface area contributed by atoms with Crippen LogP contribution in [0.3, 0.4) is 0 Å². The smallest absolute Gasteiger partial charge is 0.270 e. The third-order valence-corrected chi connectivity index (χ3v) is 7.15. The van der Waals surface area contributed by atoms with Crippen molar-refractivity contribution in [1.82, 2.24) is 24.4 Å². The van der Waals surface area contributed by atoms with E-state index in [0.29, 0.717) is 18.4 Å². The molecule has 0 radical (unpaired) electrons. The number of hydrogen-bond acceptors (Lipinski definition) is 5. The summed E-state index contributed by atoms with van der Waals surface area (Å²) in [6, 6.07) is 0.00245. The molecule has 3 fully saturated rings. The topological polar surface area (TPSA) is 109 Å². The molecule has 2 unspecified atom stereocenters. The number of nitrogens with zero attached hydrogens (tertiary/aromatic N) is 4. The van der Waals surface area contributed by atoms with Crippen molar-refractivity contribution in [1.29, 1.82) is 0 Å². The Hall–Kier alpha value is -3.24. The number of aromatic hydroxyl groups is 1. The number of rotatable bonds is 6. The van der Waals surface area contributed by atoms with E-state index >= 15 is 0 Å². The molecule has 2 atom stereocenters. The van der Waals surface area contributed by atoms with Gasteiger partial charge in [-0.1, -0.05) is 13.8 Å². The summed E-state index contributed by atoms with van der Waals surface area (Å²) < 4.78 is 30.9.